The average molecular weight is 262 g/mol. The maximum atomic E-state index is 12.3. The molecule has 0 atom stereocenters. The van der Waals surface area contributed by atoms with Crippen molar-refractivity contribution in [2.75, 3.05) is 6.54 Å². The zero-order valence-electron chi connectivity index (χ0n) is 11.4. The highest BCUT2D eigenvalue weighted by Crippen LogP contribution is 2.11. The van der Waals surface area contributed by atoms with Crippen molar-refractivity contribution in [1.82, 2.24) is 20.1 Å². The van der Waals surface area contributed by atoms with Gasteiger partial charge in [-0.1, -0.05) is 13.8 Å². The number of hydrogen-bond acceptors (Lipinski definition) is 4. The molecule has 0 saturated heterocycles. The Morgan fingerprint density at radius 2 is 2.32 bits per heavy atom. The summed E-state index contributed by atoms with van der Waals surface area (Å²) in [6.07, 6.45) is 1.59. The van der Waals surface area contributed by atoms with Gasteiger partial charge >= 0.3 is 0 Å². The fraction of sp³-hybridized carbons (Fsp3) is 0.462. The highest BCUT2D eigenvalue weighted by atomic mass is 16.3. The Labute approximate surface area is 111 Å². The Kier molecular flexibility index (Phi) is 3.99. The van der Waals surface area contributed by atoms with Gasteiger partial charge in [0.15, 0.2) is 0 Å². The van der Waals surface area contributed by atoms with E-state index in [1.807, 2.05) is 26.8 Å². The predicted octanol–water partition coefficient (Wildman–Crippen LogP) is 2.18. The molecule has 2 aromatic heterocycles. The van der Waals surface area contributed by atoms with E-state index in [4.69, 9.17) is 4.42 Å². The van der Waals surface area contributed by atoms with Gasteiger partial charge in [0, 0.05) is 12.5 Å². The van der Waals surface area contributed by atoms with E-state index in [0.29, 0.717) is 13.1 Å². The number of carbonyl (C=O) groups is 1. The fourth-order valence-electron chi connectivity index (χ4n) is 1.69. The average Bonchev–Trinajstić information content (AvgIpc) is 3.06. The smallest absolute Gasteiger partial charge is 0.293 e. The molecule has 2 rings (SSSR count). The van der Waals surface area contributed by atoms with E-state index in [0.717, 1.165) is 11.6 Å². The molecule has 0 aromatic carbocycles. The number of rotatable bonds is 5. The minimum atomic E-state index is -0.193. The van der Waals surface area contributed by atoms with E-state index in [-0.39, 0.29) is 17.6 Å². The maximum Gasteiger partial charge on any atom is 0.293 e. The molecule has 0 fully saturated rings. The quantitative estimate of drug-likeness (QED) is 0.896. The lowest BCUT2D eigenvalue weighted by Gasteiger charge is -2.17. The monoisotopic (exact) mass is 262 g/mol. The topological polar surface area (TPSA) is 75.0 Å². The van der Waals surface area contributed by atoms with E-state index in [1.165, 1.54) is 0 Å². The minimum absolute atomic E-state index is 0.193. The van der Waals surface area contributed by atoms with E-state index >= 15 is 0 Å². The first-order valence-corrected chi connectivity index (χ1v) is 6.35. The second kappa shape index (κ2) is 5.69. The lowest BCUT2D eigenvalue weighted by molar-refractivity contribution is 0.0729. The Morgan fingerprint density at radius 1 is 1.53 bits per heavy atom. The van der Waals surface area contributed by atoms with Crippen molar-refractivity contribution in [2.24, 2.45) is 0 Å². The van der Waals surface area contributed by atoms with Crippen molar-refractivity contribution in [2.45, 2.75) is 33.2 Å². The molecule has 0 unspecified atom stereocenters. The van der Waals surface area contributed by atoms with Crippen LogP contribution >= 0.6 is 0 Å². The molecule has 0 radical (unpaired) electrons. The molecular formula is C13H18N4O2. The number of furan rings is 1. The van der Waals surface area contributed by atoms with Crippen molar-refractivity contribution in [3.8, 4) is 0 Å². The molecule has 0 bridgehead atoms. The van der Waals surface area contributed by atoms with Gasteiger partial charge in [0.05, 0.1) is 12.8 Å². The number of nitrogens with zero attached hydrogens (tertiary/aromatic N) is 3. The summed E-state index contributed by atoms with van der Waals surface area (Å²) in [6.45, 7) is 6.90. The van der Waals surface area contributed by atoms with Crippen LogP contribution in [0.15, 0.2) is 22.8 Å². The third kappa shape index (κ3) is 3.01. The van der Waals surface area contributed by atoms with Crippen LogP contribution in [0.4, 0.5) is 0 Å². The summed E-state index contributed by atoms with van der Waals surface area (Å²) in [5.41, 5.74) is 0. The molecule has 2 aromatic rings. The molecule has 0 spiro atoms. The summed E-state index contributed by atoms with van der Waals surface area (Å²) < 4.78 is 5.25. The van der Waals surface area contributed by atoms with Gasteiger partial charge < -0.3 is 9.32 Å². The molecule has 1 N–H and O–H groups in total. The summed E-state index contributed by atoms with van der Waals surface area (Å²) >= 11 is 0. The number of amides is 1. The normalized spacial score (nSPS) is 10.9. The van der Waals surface area contributed by atoms with Crippen molar-refractivity contribution in [3.63, 3.8) is 0 Å². The molecule has 0 saturated carbocycles. The third-order valence-corrected chi connectivity index (χ3v) is 2.84. The Balaban J connectivity index is 2.11. The van der Waals surface area contributed by atoms with E-state index in [9.17, 15) is 4.79 Å². The number of nitrogens with one attached hydrogen (secondary N) is 1. The van der Waals surface area contributed by atoms with Crippen molar-refractivity contribution < 1.29 is 9.21 Å². The van der Waals surface area contributed by atoms with Crippen LogP contribution in [0.1, 0.15) is 48.9 Å². The zero-order chi connectivity index (χ0) is 13.8. The molecule has 6 nitrogen and oxygen atoms in total. The van der Waals surface area contributed by atoms with Crippen LogP contribution in [0.25, 0.3) is 0 Å². The number of hydrogen-bond donors (Lipinski definition) is 1. The summed E-state index contributed by atoms with van der Waals surface area (Å²) in [4.78, 5) is 18.1. The van der Waals surface area contributed by atoms with Gasteiger partial charge in [-0.25, -0.2) is 4.98 Å². The van der Waals surface area contributed by atoms with Crippen molar-refractivity contribution in [3.05, 3.63) is 35.8 Å². The van der Waals surface area contributed by atoms with Crippen molar-refractivity contribution in [1.29, 1.82) is 0 Å². The van der Waals surface area contributed by atoms with Crippen LogP contribution in [0.5, 0.6) is 0 Å². The van der Waals surface area contributed by atoms with Gasteiger partial charge in [0.2, 0.25) is 5.82 Å². The van der Waals surface area contributed by atoms with Gasteiger partial charge in [-0.3, -0.25) is 9.89 Å². The lowest BCUT2D eigenvalue weighted by atomic mass is 10.2. The Hall–Kier alpha value is -2.11. The van der Waals surface area contributed by atoms with Crippen LogP contribution in [-0.4, -0.2) is 32.5 Å². The lowest BCUT2D eigenvalue weighted by Crippen LogP contribution is -2.31. The summed E-state index contributed by atoms with van der Waals surface area (Å²) in [5, 5.41) is 6.77. The van der Waals surface area contributed by atoms with Gasteiger partial charge in [-0.15, -0.1) is 5.10 Å². The molecule has 102 valence electrons. The van der Waals surface area contributed by atoms with Crippen LogP contribution in [0.2, 0.25) is 0 Å². The summed E-state index contributed by atoms with van der Waals surface area (Å²) in [7, 11) is 0. The maximum absolute atomic E-state index is 12.3. The number of carbonyl (C=O) groups excluding carboxylic acids is 1. The highest BCUT2D eigenvalue weighted by molar-refractivity contribution is 5.90. The van der Waals surface area contributed by atoms with E-state index < -0.39 is 0 Å². The van der Waals surface area contributed by atoms with Crippen LogP contribution in [0.3, 0.4) is 0 Å². The second-order valence-electron chi connectivity index (χ2n) is 4.60. The Bertz CT molecular complexity index is 531. The molecule has 6 heteroatoms. The number of aromatic nitrogens is 3. The molecular weight excluding hydrogens is 244 g/mol. The number of H-pyrrole nitrogens is 1. The molecule has 2 heterocycles. The molecule has 1 amide bonds. The largest absolute Gasteiger partial charge is 0.467 e. The fourth-order valence-corrected chi connectivity index (χ4v) is 1.69. The number of aromatic amines is 1. The first-order valence-electron chi connectivity index (χ1n) is 6.35. The SMILES string of the molecule is CCN(Cc1ccco1)C(=O)c1n[nH]c(C(C)C)n1. The molecule has 0 aliphatic rings. The van der Waals surface area contributed by atoms with Crippen LogP contribution < -0.4 is 0 Å². The summed E-state index contributed by atoms with van der Waals surface area (Å²) in [5.74, 6) is 1.69. The minimum Gasteiger partial charge on any atom is -0.467 e. The third-order valence-electron chi connectivity index (χ3n) is 2.84. The second-order valence-corrected chi connectivity index (χ2v) is 4.60. The molecule has 0 aliphatic carbocycles. The van der Waals surface area contributed by atoms with Crippen LogP contribution in [0, 0.1) is 0 Å². The standard InChI is InChI=1S/C13H18N4O2/c1-4-17(8-10-6-5-7-19-10)13(18)12-14-11(9(2)3)15-16-12/h5-7,9H,4,8H2,1-3H3,(H,14,15,16). The summed E-state index contributed by atoms with van der Waals surface area (Å²) in [6, 6.07) is 3.64. The predicted molar refractivity (Wildman–Crippen MR) is 69.6 cm³/mol. The molecule has 0 aliphatic heterocycles. The van der Waals surface area contributed by atoms with Crippen molar-refractivity contribution >= 4 is 5.91 Å². The first-order chi connectivity index (χ1) is 9.11. The van der Waals surface area contributed by atoms with Gasteiger partial charge in [0.25, 0.3) is 5.91 Å². The Morgan fingerprint density at radius 3 is 2.84 bits per heavy atom. The zero-order valence-corrected chi connectivity index (χ0v) is 11.4. The van der Waals surface area contributed by atoms with Crippen LogP contribution in [-0.2, 0) is 6.54 Å². The van der Waals surface area contributed by atoms with Gasteiger partial charge in [-0.2, -0.15) is 0 Å². The highest BCUT2D eigenvalue weighted by Gasteiger charge is 2.20. The van der Waals surface area contributed by atoms with E-state index in [2.05, 4.69) is 15.2 Å². The van der Waals surface area contributed by atoms with Gasteiger partial charge in [-0.05, 0) is 19.1 Å². The molecule has 19 heavy (non-hydrogen) atoms. The van der Waals surface area contributed by atoms with E-state index in [1.54, 1.807) is 17.2 Å². The van der Waals surface area contributed by atoms with Gasteiger partial charge in [0.1, 0.15) is 11.6 Å². The first kappa shape index (κ1) is 13.3.